The van der Waals surface area contributed by atoms with Crippen LogP contribution in [0, 0.1) is 0 Å². The molecule has 0 spiro atoms. The highest BCUT2D eigenvalue weighted by Gasteiger charge is 2.39. The van der Waals surface area contributed by atoms with Crippen molar-refractivity contribution < 1.29 is 17.9 Å². The summed E-state index contributed by atoms with van der Waals surface area (Å²) >= 11 is 5.97. The van der Waals surface area contributed by atoms with Gasteiger partial charge in [0.05, 0.1) is 25.9 Å². The third-order valence-electron chi connectivity index (χ3n) is 3.64. The molecule has 3 rings (SSSR count). The van der Waals surface area contributed by atoms with Crippen LogP contribution in [-0.2, 0) is 19.5 Å². The summed E-state index contributed by atoms with van der Waals surface area (Å²) in [6.45, 7) is 1.71. The number of rotatable bonds is 3. The average molecular weight is 318 g/mol. The van der Waals surface area contributed by atoms with Crippen LogP contribution in [0.4, 0.5) is 0 Å². The molecule has 1 atom stereocenters. The first kappa shape index (κ1) is 14.3. The van der Waals surface area contributed by atoms with Crippen LogP contribution in [0.2, 0.25) is 5.02 Å². The summed E-state index contributed by atoms with van der Waals surface area (Å²) in [5.74, 6) is 0. The summed E-state index contributed by atoms with van der Waals surface area (Å²) in [6, 6.07) is 7.34. The Kier molecular flexibility index (Phi) is 4.01. The number of halogens is 1. The molecule has 5 nitrogen and oxygen atoms in total. The van der Waals surface area contributed by atoms with Crippen molar-refractivity contribution in [3.05, 3.63) is 34.9 Å². The van der Waals surface area contributed by atoms with Crippen LogP contribution >= 0.6 is 11.6 Å². The van der Waals surface area contributed by atoms with Gasteiger partial charge in [0.15, 0.2) is 0 Å². The molecular formula is C13H16ClNO4S. The molecule has 0 radical (unpaired) electrons. The lowest BCUT2D eigenvalue weighted by Crippen LogP contribution is -2.52. The molecule has 0 N–H and O–H groups in total. The molecule has 1 unspecified atom stereocenters. The van der Waals surface area contributed by atoms with Crippen LogP contribution in [-0.4, -0.2) is 50.9 Å². The second-order valence-electron chi connectivity index (χ2n) is 4.98. The molecule has 2 heterocycles. The predicted molar refractivity (Wildman–Crippen MR) is 75.2 cm³/mol. The highest BCUT2D eigenvalue weighted by atomic mass is 35.5. The third kappa shape index (κ3) is 2.71. The van der Waals surface area contributed by atoms with E-state index in [-0.39, 0.29) is 6.10 Å². The van der Waals surface area contributed by atoms with E-state index in [0.29, 0.717) is 37.9 Å². The van der Waals surface area contributed by atoms with E-state index in [9.17, 15) is 8.42 Å². The van der Waals surface area contributed by atoms with Crippen molar-refractivity contribution in [1.82, 2.24) is 4.31 Å². The number of hydrogen-bond acceptors (Lipinski definition) is 4. The topological polar surface area (TPSA) is 55.8 Å². The second kappa shape index (κ2) is 5.61. The van der Waals surface area contributed by atoms with Crippen molar-refractivity contribution in [1.29, 1.82) is 0 Å². The summed E-state index contributed by atoms with van der Waals surface area (Å²) < 4.78 is 36.9. The second-order valence-corrected chi connectivity index (χ2v) is 7.63. The molecule has 0 aliphatic carbocycles. The molecule has 1 aromatic carbocycles. The van der Waals surface area contributed by atoms with Crippen molar-refractivity contribution in [3.8, 4) is 0 Å². The van der Waals surface area contributed by atoms with E-state index < -0.39 is 15.3 Å². The summed E-state index contributed by atoms with van der Waals surface area (Å²) in [5.41, 5.74) is 0.905. The quantitative estimate of drug-likeness (QED) is 0.846. The first-order valence-electron chi connectivity index (χ1n) is 6.51. The molecule has 0 amide bonds. The molecule has 2 aliphatic rings. The van der Waals surface area contributed by atoms with Crippen LogP contribution in [0.3, 0.4) is 0 Å². The Balaban J connectivity index is 1.76. The number of sulfonamides is 1. The van der Waals surface area contributed by atoms with E-state index in [0.717, 1.165) is 5.56 Å². The fraction of sp³-hybridized carbons (Fsp3) is 0.538. The minimum Gasteiger partial charge on any atom is -0.378 e. The zero-order chi connectivity index (χ0) is 14.2. The van der Waals surface area contributed by atoms with Crippen LogP contribution in [0.15, 0.2) is 24.3 Å². The van der Waals surface area contributed by atoms with Gasteiger partial charge < -0.3 is 9.47 Å². The highest BCUT2D eigenvalue weighted by Crippen LogP contribution is 2.27. The lowest BCUT2D eigenvalue weighted by atomic mass is 10.1. The monoisotopic (exact) mass is 317 g/mol. The Labute approximate surface area is 123 Å². The van der Waals surface area contributed by atoms with Crippen LogP contribution in [0.1, 0.15) is 11.7 Å². The van der Waals surface area contributed by atoms with E-state index in [4.69, 9.17) is 21.1 Å². The van der Waals surface area contributed by atoms with Gasteiger partial charge in [-0.2, -0.15) is 4.31 Å². The summed E-state index contributed by atoms with van der Waals surface area (Å²) in [6.07, 6.45) is -0.266. The standard InChI is InChI=1S/C13H16ClNO4S/c14-11-3-1-2-10(6-11)13-7-15(4-5-19-13)20(16,17)12-8-18-9-12/h1-3,6,12-13H,4-5,7-9H2. The number of hydrogen-bond donors (Lipinski definition) is 0. The van der Waals surface area contributed by atoms with Crippen molar-refractivity contribution in [2.24, 2.45) is 0 Å². The van der Waals surface area contributed by atoms with Gasteiger partial charge in [-0.25, -0.2) is 8.42 Å². The van der Waals surface area contributed by atoms with Crippen molar-refractivity contribution in [2.45, 2.75) is 11.4 Å². The maximum absolute atomic E-state index is 12.4. The minimum absolute atomic E-state index is 0.266. The molecule has 2 fully saturated rings. The molecule has 2 saturated heterocycles. The van der Waals surface area contributed by atoms with Gasteiger partial charge in [0, 0.05) is 18.1 Å². The van der Waals surface area contributed by atoms with Crippen LogP contribution in [0.25, 0.3) is 0 Å². The van der Waals surface area contributed by atoms with Gasteiger partial charge in [-0.1, -0.05) is 23.7 Å². The first-order valence-corrected chi connectivity index (χ1v) is 8.39. The molecular weight excluding hydrogens is 302 g/mol. The van der Waals surface area contributed by atoms with Gasteiger partial charge in [0.1, 0.15) is 5.25 Å². The zero-order valence-corrected chi connectivity index (χ0v) is 12.4. The fourth-order valence-corrected chi connectivity index (χ4v) is 4.19. The van der Waals surface area contributed by atoms with Gasteiger partial charge >= 0.3 is 0 Å². The maximum atomic E-state index is 12.4. The van der Waals surface area contributed by atoms with Crippen molar-refractivity contribution in [2.75, 3.05) is 32.9 Å². The van der Waals surface area contributed by atoms with Gasteiger partial charge in [0.25, 0.3) is 0 Å². The Hall–Kier alpha value is -0.660. The largest absolute Gasteiger partial charge is 0.378 e. The van der Waals surface area contributed by atoms with Crippen LogP contribution in [0.5, 0.6) is 0 Å². The molecule has 20 heavy (non-hydrogen) atoms. The zero-order valence-electron chi connectivity index (χ0n) is 10.9. The first-order chi connectivity index (χ1) is 9.57. The fourth-order valence-electron chi connectivity index (χ4n) is 2.36. The van der Waals surface area contributed by atoms with Gasteiger partial charge in [-0.15, -0.1) is 0 Å². The SMILES string of the molecule is O=S(=O)(C1COC1)N1CCOC(c2cccc(Cl)c2)C1. The van der Waals surface area contributed by atoms with Crippen molar-refractivity contribution >= 4 is 21.6 Å². The summed E-state index contributed by atoms with van der Waals surface area (Å²) in [4.78, 5) is 0. The van der Waals surface area contributed by atoms with E-state index in [2.05, 4.69) is 0 Å². The van der Waals surface area contributed by atoms with E-state index >= 15 is 0 Å². The predicted octanol–water partition coefficient (Wildman–Crippen LogP) is 1.44. The van der Waals surface area contributed by atoms with E-state index in [1.54, 1.807) is 6.07 Å². The molecule has 0 bridgehead atoms. The van der Waals surface area contributed by atoms with Gasteiger partial charge in [-0.05, 0) is 17.7 Å². The lowest BCUT2D eigenvalue weighted by Gasteiger charge is -2.37. The third-order valence-corrected chi connectivity index (χ3v) is 6.04. The summed E-state index contributed by atoms with van der Waals surface area (Å²) in [5, 5.41) is 0.221. The average Bonchev–Trinajstić information content (AvgIpc) is 2.36. The van der Waals surface area contributed by atoms with Crippen molar-refractivity contribution in [3.63, 3.8) is 0 Å². The maximum Gasteiger partial charge on any atom is 0.221 e. The van der Waals surface area contributed by atoms with Gasteiger partial charge in [0.2, 0.25) is 10.0 Å². The summed E-state index contributed by atoms with van der Waals surface area (Å²) in [7, 11) is -3.28. The number of benzene rings is 1. The number of morpholine rings is 1. The molecule has 0 saturated carbocycles. The molecule has 2 aliphatic heterocycles. The lowest BCUT2D eigenvalue weighted by molar-refractivity contribution is -0.00699. The molecule has 110 valence electrons. The number of nitrogens with zero attached hydrogens (tertiary/aromatic N) is 1. The Morgan fingerprint density at radius 2 is 2.10 bits per heavy atom. The molecule has 0 aromatic heterocycles. The van der Waals surface area contributed by atoms with E-state index in [1.165, 1.54) is 4.31 Å². The normalized spacial score (nSPS) is 25.4. The Morgan fingerprint density at radius 1 is 1.30 bits per heavy atom. The molecule has 7 heteroatoms. The molecule has 1 aromatic rings. The van der Waals surface area contributed by atoms with Crippen LogP contribution < -0.4 is 0 Å². The minimum atomic E-state index is -3.28. The van der Waals surface area contributed by atoms with Gasteiger partial charge in [-0.3, -0.25) is 0 Å². The Bertz CT molecular complexity index is 588. The highest BCUT2D eigenvalue weighted by molar-refractivity contribution is 7.89. The number of ether oxygens (including phenoxy) is 2. The Morgan fingerprint density at radius 3 is 2.75 bits per heavy atom. The smallest absolute Gasteiger partial charge is 0.221 e. The van der Waals surface area contributed by atoms with E-state index in [1.807, 2.05) is 18.2 Å².